The van der Waals surface area contributed by atoms with Gasteiger partial charge in [0.1, 0.15) is 5.92 Å². The number of hydrogen-bond acceptors (Lipinski definition) is 2. The monoisotopic (exact) mass is 202 g/mol. The largest absolute Gasteiger partial charge is 0.294 e. The van der Waals surface area contributed by atoms with Gasteiger partial charge in [-0.25, -0.2) is 0 Å². The molecule has 0 heterocycles. The molecule has 1 aliphatic carbocycles. The van der Waals surface area contributed by atoms with Gasteiger partial charge in [0.05, 0.1) is 0 Å². The summed E-state index contributed by atoms with van der Waals surface area (Å²) in [5.74, 6) is -0.811. The van der Waals surface area contributed by atoms with Crippen molar-refractivity contribution in [2.75, 3.05) is 0 Å². The Labute approximate surface area is 89.6 Å². The Morgan fingerprint density at radius 2 is 1.33 bits per heavy atom. The lowest BCUT2D eigenvalue weighted by molar-refractivity contribution is -0.122. The molecule has 2 rings (SSSR count). The van der Waals surface area contributed by atoms with Crippen LogP contribution in [0.5, 0.6) is 0 Å². The molecular weight excluding hydrogens is 188 g/mol. The standard InChI is InChI=1S/C11H8O2.C2H6/c12-9-6-7-10(13)11(9)8-4-2-1-3-5-8;1-2/h1-7,11H;1-2H3. The van der Waals surface area contributed by atoms with Gasteiger partial charge < -0.3 is 0 Å². The highest BCUT2D eigenvalue weighted by Crippen LogP contribution is 2.22. The maximum absolute atomic E-state index is 11.3. The van der Waals surface area contributed by atoms with Gasteiger partial charge in [-0.15, -0.1) is 0 Å². The van der Waals surface area contributed by atoms with E-state index in [2.05, 4.69) is 0 Å². The Balaban J connectivity index is 0.000000531. The van der Waals surface area contributed by atoms with E-state index in [9.17, 15) is 9.59 Å². The fourth-order valence-corrected chi connectivity index (χ4v) is 1.47. The first kappa shape index (κ1) is 11.4. The molecule has 1 aromatic rings. The lowest BCUT2D eigenvalue weighted by Crippen LogP contribution is -2.12. The first-order valence-corrected chi connectivity index (χ1v) is 5.10. The molecule has 0 spiro atoms. The van der Waals surface area contributed by atoms with Gasteiger partial charge in [-0.3, -0.25) is 9.59 Å². The van der Waals surface area contributed by atoms with Crippen molar-refractivity contribution in [1.29, 1.82) is 0 Å². The molecule has 0 radical (unpaired) electrons. The number of carbonyl (C=O) groups excluding carboxylic acids is 2. The van der Waals surface area contributed by atoms with E-state index in [1.165, 1.54) is 12.2 Å². The van der Waals surface area contributed by atoms with E-state index in [-0.39, 0.29) is 11.6 Å². The van der Waals surface area contributed by atoms with Crippen LogP contribution in [0.15, 0.2) is 42.5 Å². The van der Waals surface area contributed by atoms with Gasteiger partial charge in [-0.05, 0) is 17.7 Å². The van der Waals surface area contributed by atoms with Crippen LogP contribution in [0.3, 0.4) is 0 Å². The van der Waals surface area contributed by atoms with Crippen LogP contribution in [-0.2, 0) is 9.59 Å². The highest BCUT2D eigenvalue weighted by atomic mass is 16.2. The number of benzene rings is 1. The third-order valence-electron chi connectivity index (χ3n) is 2.11. The molecule has 0 bridgehead atoms. The van der Waals surface area contributed by atoms with Crippen LogP contribution in [0.4, 0.5) is 0 Å². The number of ketones is 2. The van der Waals surface area contributed by atoms with Crippen molar-refractivity contribution in [1.82, 2.24) is 0 Å². The zero-order chi connectivity index (χ0) is 11.3. The van der Waals surface area contributed by atoms with Crippen molar-refractivity contribution in [2.24, 2.45) is 0 Å². The highest BCUT2D eigenvalue weighted by Gasteiger charge is 2.29. The molecule has 78 valence electrons. The molecule has 2 nitrogen and oxygen atoms in total. The van der Waals surface area contributed by atoms with Crippen LogP contribution in [-0.4, -0.2) is 11.6 Å². The number of allylic oxidation sites excluding steroid dienone is 2. The lowest BCUT2D eigenvalue weighted by Gasteiger charge is -2.05. The Bertz CT molecular complexity index is 359. The Morgan fingerprint density at radius 3 is 1.80 bits per heavy atom. The summed E-state index contributed by atoms with van der Waals surface area (Å²) in [7, 11) is 0. The van der Waals surface area contributed by atoms with E-state index < -0.39 is 5.92 Å². The molecular formula is C13H14O2. The van der Waals surface area contributed by atoms with Crippen LogP contribution in [0.2, 0.25) is 0 Å². The second-order valence-electron chi connectivity index (χ2n) is 2.98. The minimum atomic E-state index is -0.582. The van der Waals surface area contributed by atoms with Gasteiger partial charge in [-0.2, -0.15) is 0 Å². The predicted molar refractivity (Wildman–Crippen MR) is 59.7 cm³/mol. The molecule has 1 aromatic carbocycles. The van der Waals surface area contributed by atoms with E-state index in [1.807, 2.05) is 32.0 Å². The molecule has 0 saturated carbocycles. The van der Waals surface area contributed by atoms with E-state index in [0.29, 0.717) is 0 Å². The molecule has 2 heteroatoms. The van der Waals surface area contributed by atoms with Crippen molar-refractivity contribution in [3.05, 3.63) is 48.0 Å². The third kappa shape index (κ3) is 2.40. The summed E-state index contributed by atoms with van der Waals surface area (Å²) in [6.45, 7) is 4.00. The van der Waals surface area contributed by atoms with Gasteiger partial charge in [0, 0.05) is 0 Å². The Morgan fingerprint density at radius 1 is 0.867 bits per heavy atom. The minimum Gasteiger partial charge on any atom is -0.294 e. The van der Waals surface area contributed by atoms with Crippen LogP contribution >= 0.6 is 0 Å². The quantitative estimate of drug-likeness (QED) is 0.656. The minimum absolute atomic E-state index is 0.115. The fraction of sp³-hybridized carbons (Fsp3) is 0.231. The number of carbonyl (C=O) groups is 2. The number of rotatable bonds is 1. The van der Waals surface area contributed by atoms with Crippen molar-refractivity contribution in [2.45, 2.75) is 19.8 Å². The van der Waals surface area contributed by atoms with Gasteiger partial charge in [0.2, 0.25) is 0 Å². The molecule has 0 saturated heterocycles. The summed E-state index contributed by atoms with van der Waals surface area (Å²) >= 11 is 0. The molecule has 15 heavy (non-hydrogen) atoms. The maximum atomic E-state index is 11.3. The lowest BCUT2D eigenvalue weighted by atomic mass is 9.95. The second kappa shape index (κ2) is 5.25. The molecule has 0 fully saturated rings. The van der Waals surface area contributed by atoms with Crippen molar-refractivity contribution in [3.8, 4) is 0 Å². The van der Waals surface area contributed by atoms with Crippen molar-refractivity contribution < 1.29 is 9.59 Å². The summed E-state index contributed by atoms with van der Waals surface area (Å²) in [6.07, 6.45) is 2.69. The van der Waals surface area contributed by atoms with Gasteiger partial charge in [0.25, 0.3) is 0 Å². The molecule has 0 unspecified atom stereocenters. The predicted octanol–water partition coefficient (Wildman–Crippen LogP) is 2.50. The summed E-state index contributed by atoms with van der Waals surface area (Å²) in [4.78, 5) is 22.6. The molecule has 0 N–H and O–H groups in total. The van der Waals surface area contributed by atoms with Crippen LogP contribution in [0.25, 0.3) is 0 Å². The summed E-state index contributed by atoms with van der Waals surface area (Å²) < 4.78 is 0. The fourth-order valence-electron chi connectivity index (χ4n) is 1.47. The number of hydrogen-bond donors (Lipinski definition) is 0. The summed E-state index contributed by atoms with van der Waals surface area (Å²) in [6, 6.07) is 9.12. The summed E-state index contributed by atoms with van der Waals surface area (Å²) in [5, 5.41) is 0. The highest BCUT2D eigenvalue weighted by molar-refractivity contribution is 6.22. The first-order chi connectivity index (χ1) is 7.29. The van der Waals surface area contributed by atoms with Crippen molar-refractivity contribution in [3.63, 3.8) is 0 Å². The SMILES string of the molecule is CC.O=C1C=CC(=O)C1c1ccccc1. The summed E-state index contributed by atoms with van der Waals surface area (Å²) in [5.41, 5.74) is 0.780. The average Bonchev–Trinajstić information content (AvgIpc) is 2.63. The molecule has 0 aliphatic heterocycles. The zero-order valence-corrected chi connectivity index (χ0v) is 8.94. The molecule has 1 aliphatic rings. The van der Waals surface area contributed by atoms with E-state index in [1.54, 1.807) is 12.1 Å². The molecule has 0 amide bonds. The van der Waals surface area contributed by atoms with Crippen LogP contribution in [0, 0.1) is 0 Å². The van der Waals surface area contributed by atoms with Gasteiger partial charge in [-0.1, -0.05) is 44.2 Å². The van der Waals surface area contributed by atoms with Gasteiger partial charge in [0.15, 0.2) is 11.6 Å². The maximum Gasteiger partial charge on any atom is 0.171 e. The Kier molecular flexibility index (Phi) is 3.98. The van der Waals surface area contributed by atoms with E-state index in [4.69, 9.17) is 0 Å². The second-order valence-corrected chi connectivity index (χ2v) is 2.98. The first-order valence-electron chi connectivity index (χ1n) is 5.10. The van der Waals surface area contributed by atoms with Crippen molar-refractivity contribution >= 4 is 11.6 Å². The van der Waals surface area contributed by atoms with Gasteiger partial charge >= 0.3 is 0 Å². The molecule has 0 atom stereocenters. The van der Waals surface area contributed by atoms with E-state index in [0.717, 1.165) is 5.56 Å². The zero-order valence-electron chi connectivity index (χ0n) is 8.94. The normalized spacial score (nSPS) is 15.1. The molecule has 0 aromatic heterocycles. The Hall–Kier alpha value is -1.70. The topological polar surface area (TPSA) is 34.1 Å². The smallest absolute Gasteiger partial charge is 0.171 e. The average molecular weight is 202 g/mol. The van der Waals surface area contributed by atoms with Crippen LogP contribution < -0.4 is 0 Å². The van der Waals surface area contributed by atoms with E-state index >= 15 is 0 Å². The third-order valence-corrected chi connectivity index (χ3v) is 2.11. The van der Waals surface area contributed by atoms with Crippen LogP contribution in [0.1, 0.15) is 25.3 Å².